The van der Waals surface area contributed by atoms with Crippen LogP contribution >= 0.6 is 0 Å². The molecule has 3 heteroatoms. The fourth-order valence-electron chi connectivity index (χ4n) is 1.19. The van der Waals surface area contributed by atoms with Gasteiger partial charge in [-0.3, -0.25) is 4.79 Å². The van der Waals surface area contributed by atoms with Crippen molar-refractivity contribution in [3.63, 3.8) is 0 Å². The molecule has 14 heavy (non-hydrogen) atoms. The number of ketones is 1. The summed E-state index contributed by atoms with van der Waals surface area (Å²) >= 11 is 0. The van der Waals surface area contributed by atoms with Crippen LogP contribution in [0.4, 0.5) is 0 Å². The monoisotopic (exact) mass is 187 g/mol. The van der Waals surface area contributed by atoms with Crippen LogP contribution in [0.2, 0.25) is 0 Å². The Morgan fingerprint density at radius 1 is 1.21 bits per heavy atom. The molecule has 2 aromatic rings. The first-order valence-electron chi connectivity index (χ1n) is 4.28. The molecule has 0 aliphatic carbocycles. The summed E-state index contributed by atoms with van der Waals surface area (Å²) in [6.45, 7) is 1.98. The van der Waals surface area contributed by atoms with Crippen LogP contribution < -0.4 is 0 Å². The van der Waals surface area contributed by atoms with E-state index in [2.05, 4.69) is 9.68 Å². The van der Waals surface area contributed by atoms with Gasteiger partial charge in [0.1, 0.15) is 6.26 Å². The summed E-state index contributed by atoms with van der Waals surface area (Å²) in [5.74, 6) is -0.0637. The van der Waals surface area contributed by atoms with E-state index in [1.807, 2.05) is 19.1 Å². The van der Waals surface area contributed by atoms with E-state index in [0.29, 0.717) is 11.1 Å². The van der Waals surface area contributed by atoms with Crippen LogP contribution in [0.3, 0.4) is 0 Å². The summed E-state index contributed by atoms with van der Waals surface area (Å²) in [5, 5.41) is 3.49. The van der Waals surface area contributed by atoms with Crippen molar-refractivity contribution in [3.8, 4) is 0 Å². The minimum Gasteiger partial charge on any atom is -0.364 e. The van der Waals surface area contributed by atoms with Gasteiger partial charge in [-0.05, 0) is 6.92 Å². The van der Waals surface area contributed by atoms with E-state index in [1.165, 1.54) is 12.5 Å². The highest BCUT2D eigenvalue weighted by molar-refractivity contribution is 6.08. The second-order valence-electron chi connectivity index (χ2n) is 3.11. The van der Waals surface area contributed by atoms with Crippen molar-refractivity contribution < 1.29 is 9.32 Å². The Labute approximate surface area is 81.3 Å². The topological polar surface area (TPSA) is 43.1 Å². The maximum atomic E-state index is 11.7. The molecule has 0 N–H and O–H groups in total. The van der Waals surface area contributed by atoms with Gasteiger partial charge in [-0.1, -0.05) is 35.0 Å². The molecule has 1 aromatic heterocycles. The van der Waals surface area contributed by atoms with Gasteiger partial charge in [0.15, 0.2) is 5.78 Å². The molecule has 1 heterocycles. The number of carbonyl (C=O) groups excluding carboxylic acids is 1. The van der Waals surface area contributed by atoms with Crippen molar-refractivity contribution >= 4 is 5.78 Å². The van der Waals surface area contributed by atoms with Crippen molar-refractivity contribution in [1.82, 2.24) is 5.16 Å². The summed E-state index contributed by atoms with van der Waals surface area (Å²) in [5.41, 5.74) is 2.26. The third-order valence-corrected chi connectivity index (χ3v) is 2.01. The summed E-state index contributed by atoms with van der Waals surface area (Å²) in [6.07, 6.45) is 2.77. The summed E-state index contributed by atoms with van der Waals surface area (Å²) in [6, 6.07) is 7.40. The number of nitrogens with zero attached hydrogens (tertiary/aromatic N) is 1. The molecule has 3 nitrogen and oxygen atoms in total. The lowest BCUT2D eigenvalue weighted by atomic mass is 10.1. The minimum absolute atomic E-state index is 0.0637. The molecule has 0 spiro atoms. The SMILES string of the molecule is Cc1ccc(C(=O)c2cnoc2)cc1. The van der Waals surface area contributed by atoms with Crippen molar-refractivity contribution in [2.75, 3.05) is 0 Å². The molecule has 0 saturated heterocycles. The van der Waals surface area contributed by atoms with E-state index >= 15 is 0 Å². The third-order valence-electron chi connectivity index (χ3n) is 2.01. The molecule has 1 aromatic carbocycles. The van der Waals surface area contributed by atoms with Crippen molar-refractivity contribution in [2.24, 2.45) is 0 Å². The Hall–Kier alpha value is -1.90. The zero-order valence-electron chi connectivity index (χ0n) is 7.73. The number of benzene rings is 1. The normalized spacial score (nSPS) is 10.1. The van der Waals surface area contributed by atoms with Crippen LogP contribution in [0.25, 0.3) is 0 Å². The van der Waals surface area contributed by atoms with Gasteiger partial charge in [0.05, 0.1) is 11.8 Å². The molecule has 0 atom stereocenters. The Morgan fingerprint density at radius 2 is 1.93 bits per heavy atom. The van der Waals surface area contributed by atoms with Crippen LogP contribution in [0.1, 0.15) is 21.5 Å². The summed E-state index contributed by atoms with van der Waals surface area (Å²) < 4.78 is 4.61. The molecule has 0 saturated carbocycles. The standard InChI is InChI=1S/C11H9NO2/c1-8-2-4-9(5-3-8)11(13)10-6-12-14-7-10/h2-7H,1H3. The van der Waals surface area contributed by atoms with E-state index in [1.54, 1.807) is 12.1 Å². The minimum atomic E-state index is -0.0637. The second kappa shape index (κ2) is 3.46. The Kier molecular flexibility index (Phi) is 2.14. The van der Waals surface area contributed by atoms with Crippen molar-refractivity contribution in [2.45, 2.75) is 6.92 Å². The number of aromatic nitrogens is 1. The molecule has 0 bridgehead atoms. The highest BCUT2D eigenvalue weighted by Crippen LogP contribution is 2.09. The maximum absolute atomic E-state index is 11.7. The van der Waals surface area contributed by atoms with E-state index < -0.39 is 0 Å². The lowest BCUT2D eigenvalue weighted by Gasteiger charge is -1.97. The first kappa shape index (κ1) is 8.69. The molecule has 70 valence electrons. The largest absolute Gasteiger partial charge is 0.364 e. The third kappa shape index (κ3) is 1.57. The first-order valence-corrected chi connectivity index (χ1v) is 4.28. The number of hydrogen-bond donors (Lipinski definition) is 0. The fourth-order valence-corrected chi connectivity index (χ4v) is 1.19. The lowest BCUT2D eigenvalue weighted by molar-refractivity contribution is 0.103. The number of aryl methyl sites for hydroxylation is 1. The smallest absolute Gasteiger partial charge is 0.197 e. The molecular weight excluding hydrogens is 178 g/mol. The zero-order valence-corrected chi connectivity index (χ0v) is 7.73. The molecule has 0 aliphatic heterocycles. The van der Waals surface area contributed by atoms with E-state index in [-0.39, 0.29) is 5.78 Å². The van der Waals surface area contributed by atoms with Crippen LogP contribution in [0.15, 0.2) is 41.2 Å². The van der Waals surface area contributed by atoms with Gasteiger partial charge in [0, 0.05) is 5.56 Å². The molecule has 0 radical (unpaired) electrons. The van der Waals surface area contributed by atoms with Crippen LogP contribution in [-0.4, -0.2) is 10.9 Å². The van der Waals surface area contributed by atoms with Gasteiger partial charge in [-0.25, -0.2) is 0 Å². The van der Waals surface area contributed by atoms with Gasteiger partial charge in [-0.2, -0.15) is 0 Å². The highest BCUT2D eigenvalue weighted by Gasteiger charge is 2.09. The van der Waals surface area contributed by atoms with Crippen LogP contribution in [0.5, 0.6) is 0 Å². The summed E-state index contributed by atoms with van der Waals surface area (Å²) in [4.78, 5) is 11.7. The van der Waals surface area contributed by atoms with Crippen molar-refractivity contribution in [1.29, 1.82) is 0 Å². The lowest BCUT2D eigenvalue weighted by Crippen LogP contribution is -1.98. The number of hydrogen-bond acceptors (Lipinski definition) is 3. The van der Waals surface area contributed by atoms with Crippen LogP contribution in [-0.2, 0) is 0 Å². The predicted octanol–water partition coefficient (Wildman–Crippen LogP) is 2.21. The Balaban J connectivity index is 2.33. The molecule has 0 amide bonds. The zero-order chi connectivity index (χ0) is 9.97. The van der Waals surface area contributed by atoms with Gasteiger partial charge in [0.2, 0.25) is 0 Å². The highest BCUT2D eigenvalue weighted by atomic mass is 16.5. The van der Waals surface area contributed by atoms with Gasteiger partial charge in [-0.15, -0.1) is 0 Å². The molecule has 0 fully saturated rings. The average Bonchev–Trinajstić information content (AvgIpc) is 2.71. The Bertz CT molecular complexity index is 429. The second-order valence-corrected chi connectivity index (χ2v) is 3.11. The quantitative estimate of drug-likeness (QED) is 0.677. The summed E-state index contributed by atoms with van der Waals surface area (Å²) in [7, 11) is 0. The van der Waals surface area contributed by atoms with Gasteiger partial charge < -0.3 is 4.52 Å². The van der Waals surface area contributed by atoms with Gasteiger partial charge >= 0.3 is 0 Å². The van der Waals surface area contributed by atoms with Gasteiger partial charge in [0.25, 0.3) is 0 Å². The maximum Gasteiger partial charge on any atom is 0.197 e. The van der Waals surface area contributed by atoms with E-state index in [0.717, 1.165) is 5.56 Å². The fraction of sp³-hybridized carbons (Fsp3) is 0.0909. The number of rotatable bonds is 2. The molecular formula is C11H9NO2. The van der Waals surface area contributed by atoms with Crippen LogP contribution in [0, 0.1) is 6.92 Å². The van der Waals surface area contributed by atoms with E-state index in [4.69, 9.17) is 0 Å². The number of carbonyl (C=O) groups is 1. The van der Waals surface area contributed by atoms with Crippen molar-refractivity contribution in [3.05, 3.63) is 53.4 Å². The van der Waals surface area contributed by atoms with E-state index in [9.17, 15) is 4.79 Å². The average molecular weight is 187 g/mol. The molecule has 0 unspecified atom stereocenters. The molecule has 2 rings (SSSR count). The predicted molar refractivity (Wildman–Crippen MR) is 51.1 cm³/mol. The first-order chi connectivity index (χ1) is 6.77. The molecule has 0 aliphatic rings. The Morgan fingerprint density at radius 3 is 2.50 bits per heavy atom.